The van der Waals surface area contributed by atoms with Crippen molar-refractivity contribution in [3.8, 4) is 0 Å². The van der Waals surface area contributed by atoms with Crippen LogP contribution in [0.15, 0.2) is 109 Å². The van der Waals surface area contributed by atoms with Gasteiger partial charge in [0.1, 0.15) is 0 Å². The van der Waals surface area contributed by atoms with E-state index in [1.807, 2.05) is 0 Å². The van der Waals surface area contributed by atoms with Crippen molar-refractivity contribution in [2.24, 2.45) is 0 Å². The molecule has 145 heavy (non-hydrogen) atoms. The Labute approximate surface area is 973 Å². The molecule has 6 aromatic carbocycles. The molecule has 0 heterocycles. The summed E-state index contributed by atoms with van der Waals surface area (Å²) in [5, 5.41) is 19.3. The molecule has 0 saturated heterocycles. The molecule has 6 aromatic rings. The number of anilines is 6. The molecule has 0 amide bonds. The monoisotopic (exact) mass is 2280 g/mol. The second-order valence-corrected chi connectivity index (χ2v) is 46.6. The maximum atomic E-state index is 5.09. The molecule has 6 N–H and O–H groups in total. The summed E-state index contributed by atoms with van der Waals surface area (Å²) in [6.07, 6.45) is 93.0. The van der Waals surface area contributed by atoms with Crippen LogP contribution >= 0.6 is 73.3 Å². The van der Waals surface area contributed by atoms with Crippen LogP contribution in [0.3, 0.4) is 0 Å². The van der Waals surface area contributed by atoms with E-state index in [1.54, 1.807) is 0 Å². The van der Waals surface area contributed by atoms with E-state index in [1.165, 1.54) is 491 Å². The third-order valence-electron chi connectivity index (χ3n) is 27.5. The first-order chi connectivity index (χ1) is 70.1. The molecule has 6 rings (SSSR count). The standard InChI is InChI=1S/6C21H35NS2.Mo/c6*1-3-5-7-9-11-14-18-15-13-17-20(22-21(23)24)19(18)16-12-10-8-6-4-2;/h6*13,15,17H,3-12,14,16H2,1-2H3,(H2,22,23,24);/p-6. The van der Waals surface area contributed by atoms with E-state index in [-0.39, 0.29) is 21.1 Å². The zero-order valence-electron chi connectivity index (χ0n) is 93.6. The van der Waals surface area contributed by atoms with E-state index in [4.69, 9.17) is 149 Å². The molecule has 0 aromatic heterocycles. The fraction of sp³-hybridized carbons (Fsp3) is 0.667. The van der Waals surface area contributed by atoms with Crippen molar-refractivity contribution in [1.82, 2.24) is 0 Å². The van der Waals surface area contributed by atoms with E-state index >= 15 is 0 Å². The molecule has 0 aliphatic heterocycles. The van der Waals surface area contributed by atoms with E-state index in [9.17, 15) is 0 Å². The van der Waals surface area contributed by atoms with Crippen molar-refractivity contribution in [3.63, 3.8) is 0 Å². The first-order valence-electron chi connectivity index (χ1n) is 58.6. The van der Waals surface area contributed by atoms with Crippen molar-refractivity contribution < 1.29 is 21.1 Å². The predicted molar refractivity (Wildman–Crippen MR) is 690 cm³/mol. The fourth-order valence-corrected chi connectivity index (χ4v) is 20.6. The van der Waals surface area contributed by atoms with E-state index in [0.29, 0.717) is 25.9 Å². The van der Waals surface area contributed by atoms with Gasteiger partial charge in [0.25, 0.3) is 0 Å². The van der Waals surface area contributed by atoms with Crippen molar-refractivity contribution in [1.29, 1.82) is 0 Å². The molecule has 0 fully saturated rings. The zero-order valence-corrected chi connectivity index (χ0v) is 105. The van der Waals surface area contributed by atoms with Gasteiger partial charge in [-0.05, 0) is 257 Å². The number of hydrogen-bond acceptors (Lipinski definition) is 12. The van der Waals surface area contributed by atoms with E-state index in [2.05, 4.69) is 224 Å². The zero-order chi connectivity index (χ0) is 106. The molecule has 6 nitrogen and oxygen atoms in total. The summed E-state index contributed by atoms with van der Waals surface area (Å²) in [5.74, 6) is 0. The van der Waals surface area contributed by atoms with Gasteiger partial charge >= 0.3 is 0 Å². The number of rotatable bonds is 78. The van der Waals surface area contributed by atoms with Crippen molar-refractivity contribution >= 4 is 209 Å². The van der Waals surface area contributed by atoms with Gasteiger partial charge in [0, 0.05) is 55.2 Å². The largest absolute Gasteiger partial charge is 0.411 e. The van der Waals surface area contributed by atoms with Crippen LogP contribution in [0, 0.1) is 0 Å². The van der Waals surface area contributed by atoms with Gasteiger partial charge < -0.3 is 181 Å². The number of nitrogens with one attached hydrogen (secondary N) is 6. The maximum Gasteiger partial charge on any atom is 0.0406 e. The number of unbranched alkanes of at least 4 members (excludes halogenated alkanes) is 48. The van der Waals surface area contributed by atoms with Crippen molar-refractivity contribution in [2.45, 2.75) is 545 Å². The minimum absolute atomic E-state index is 0. The van der Waals surface area contributed by atoms with Crippen LogP contribution in [0.5, 0.6) is 0 Å². The minimum Gasteiger partial charge on any atom is -0.411 e. The normalized spacial score (nSPS) is 10.7. The average molecular weight is 2280 g/mol. The van der Waals surface area contributed by atoms with Crippen LogP contribution in [0.25, 0.3) is 0 Å². The molecule has 0 saturated carbocycles. The smallest absolute Gasteiger partial charge is 0.0406 e. The third-order valence-corrected chi connectivity index (χ3v) is 28.8. The summed E-state index contributed by atoms with van der Waals surface area (Å²) in [4.78, 5) is 0. The molecule has 0 radical (unpaired) electrons. The Hall–Kier alpha value is -3.33. The first-order valence-corrected chi connectivity index (χ1v) is 63.5. The number of hydrogen-bond donors (Lipinski definition) is 6. The van der Waals surface area contributed by atoms with Crippen LogP contribution in [0.4, 0.5) is 34.1 Å². The summed E-state index contributed by atoms with van der Waals surface area (Å²) < 4.78 is 2.68. The number of thiocarbonyl (C=S) groups is 6. The van der Waals surface area contributed by atoms with Crippen LogP contribution in [0.2, 0.25) is 0 Å². The molecular formula is C126H204MoN6S12-6. The van der Waals surface area contributed by atoms with Gasteiger partial charge in [0.2, 0.25) is 0 Å². The second kappa shape index (κ2) is 101. The van der Waals surface area contributed by atoms with Crippen molar-refractivity contribution in [3.05, 3.63) is 176 Å². The molecule has 19 heteroatoms. The molecule has 0 bridgehead atoms. The summed E-state index contributed by atoms with van der Waals surface area (Å²) in [5.41, 5.74) is 24.4. The molecule has 0 atom stereocenters. The summed E-state index contributed by atoms with van der Waals surface area (Å²) >= 11 is 61.1. The molecular weight excluding hydrogens is 2080 g/mol. The number of aryl methyl sites for hydroxylation is 6. The summed E-state index contributed by atoms with van der Waals surface area (Å²) in [7, 11) is 0. The quantitative estimate of drug-likeness (QED) is 0.00949. The summed E-state index contributed by atoms with van der Waals surface area (Å²) in [6.45, 7) is 27.2. The van der Waals surface area contributed by atoms with Gasteiger partial charge in [0.15, 0.2) is 0 Å². The Bertz CT molecular complexity index is 3510. The summed E-state index contributed by atoms with van der Waals surface area (Å²) in [6, 6.07) is 39.3. The van der Waals surface area contributed by atoms with Crippen LogP contribution in [-0.4, -0.2) is 25.9 Å². The molecule has 822 valence electrons. The Balaban J connectivity index is 0.00000171. The second-order valence-electron chi connectivity index (χ2n) is 40.1. The van der Waals surface area contributed by atoms with E-state index < -0.39 is 0 Å². The van der Waals surface area contributed by atoms with Gasteiger partial charge in [-0.3, -0.25) is 0 Å². The van der Waals surface area contributed by atoms with Gasteiger partial charge in [-0.25, -0.2) is 0 Å². The molecule has 0 spiro atoms. The van der Waals surface area contributed by atoms with Crippen LogP contribution < -0.4 is 31.9 Å². The predicted octanol–water partition coefficient (Wildman–Crippen LogP) is 41.7. The molecule has 0 aliphatic rings. The van der Waals surface area contributed by atoms with Gasteiger partial charge in [-0.2, -0.15) is 0 Å². The number of benzene rings is 6. The fourth-order valence-electron chi connectivity index (χ4n) is 19.3. The van der Waals surface area contributed by atoms with Gasteiger partial charge in [-0.1, -0.05) is 490 Å². The SMILES string of the molecule is CCCCCCCc1cccc(NC(=S)[S-])c1CCCCCCC.CCCCCCCc1cccc(NC(=S)[S-])c1CCCCCCC.CCCCCCCc1cccc(NC(=S)[S-])c1CCCCCCC.CCCCCCCc1cccc(NC(=S)[S-])c1CCCCCCC.CCCCCCCc1cccc(NC(=S)[S-])c1CCCCCCC.CCCCCCCc1cccc(NC(=S)[S-])c1CCCCCCC.[Mo]. The molecule has 0 aliphatic carbocycles. The Kier molecular flexibility index (Phi) is 98.9. The Morgan fingerprint density at radius 3 is 0.345 bits per heavy atom. The minimum atomic E-state index is 0. The Morgan fingerprint density at radius 2 is 0.248 bits per heavy atom. The topological polar surface area (TPSA) is 72.2 Å². The third kappa shape index (κ3) is 76.0. The average Bonchev–Trinajstić information content (AvgIpc) is 0.872. The molecule has 0 unspecified atom stereocenters. The maximum absolute atomic E-state index is 5.09. The van der Waals surface area contributed by atoms with Crippen molar-refractivity contribution in [2.75, 3.05) is 31.9 Å². The van der Waals surface area contributed by atoms with Gasteiger partial charge in [0.05, 0.1) is 0 Å². The van der Waals surface area contributed by atoms with E-state index in [0.717, 1.165) is 72.6 Å². The first kappa shape index (κ1) is 142. The van der Waals surface area contributed by atoms with Gasteiger partial charge in [-0.15, -0.1) is 0 Å². The van der Waals surface area contributed by atoms with Crippen LogP contribution in [0.1, 0.15) is 535 Å². The Morgan fingerprint density at radius 1 is 0.152 bits per heavy atom. The van der Waals surface area contributed by atoms with Crippen LogP contribution in [-0.2, 0) is 174 Å².